The lowest BCUT2D eigenvalue weighted by atomic mass is 9.99. The van der Waals surface area contributed by atoms with Crippen LogP contribution >= 0.6 is 0 Å². The minimum absolute atomic E-state index is 0.0301. The molecule has 0 radical (unpaired) electrons. The maximum Gasteiger partial charge on any atom is 0.337 e. The molecule has 3 aromatic carbocycles. The Morgan fingerprint density at radius 3 is 2.56 bits per heavy atom. The molecule has 1 aliphatic heterocycles. The average Bonchev–Trinajstić information content (AvgIpc) is 3.37. The third-order valence-electron chi connectivity index (χ3n) is 7.11. The van der Waals surface area contributed by atoms with Gasteiger partial charge in [-0.3, -0.25) is 4.79 Å². The molecule has 5 rings (SSSR count). The van der Waals surface area contributed by atoms with E-state index in [1.165, 1.54) is 5.56 Å². The number of aryl methyl sites for hydroxylation is 1. The smallest absolute Gasteiger partial charge is 0.337 e. The number of hydrogen-bond donors (Lipinski definition) is 2. The molecular weight excluding hydrogens is 452 g/mol. The van der Waals surface area contributed by atoms with E-state index >= 15 is 0 Å². The molecule has 2 heterocycles. The highest BCUT2D eigenvalue weighted by atomic mass is 16.4. The van der Waals surface area contributed by atoms with Crippen LogP contribution in [0.3, 0.4) is 0 Å². The monoisotopic (exact) mass is 482 g/mol. The van der Waals surface area contributed by atoms with E-state index in [2.05, 4.69) is 34.5 Å². The van der Waals surface area contributed by atoms with Crippen molar-refractivity contribution in [3.8, 4) is 0 Å². The zero-order chi connectivity index (χ0) is 25.4. The molecule has 184 valence electrons. The number of rotatable bonds is 6. The van der Waals surface area contributed by atoms with Gasteiger partial charge in [-0.05, 0) is 56.5 Å². The lowest BCUT2D eigenvalue weighted by molar-refractivity contribution is 0.0698. The fraction of sp³-hybridized carbons (Fsp3) is 0.267. The van der Waals surface area contributed by atoms with Crippen molar-refractivity contribution in [1.82, 2.24) is 0 Å². The molecule has 1 fully saturated rings. The molecule has 0 amide bonds. The van der Waals surface area contributed by atoms with Gasteiger partial charge in [-0.1, -0.05) is 48.5 Å². The van der Waals surface area contributed by atoms with Crippen molar-refractivity contribution >= 4 is 28.5 Å². The first-order valence-corrected chi connectivity index (χ1v) is 12.3. The van der Waals surface area contributed by atoms with E-state index in [9.17, 15) is 14.7 Å². The van der Waals surface area contributed by atoms with E-state index in [-0.39, 0.29) is 17.0 Å². The molecule has 1 aliphatic rings. The third-order valence-corrected chi connectivity index (χ3v) is 7.11. The number of anilines is 2. The maximum atomic E-state index is 13.5. The van der Waals surface area contributed by atoms with Crippen LogP contribution in [-0.2, 0) is 0 Å². The Kier molecular flexibility index (Phi) is 6.27. The summed E-state index contributed by atoms with van der Waals surface area (Å²) < 4.78 is 6.53. The van der Waals surface area contributed by atoms with E-state index in [1.54, 1.807) is 24.3 Å². The summed E-state index contributed by atoms with van der Waals surface area (Å²) in [5.74, 6) is 0.0113. The largest absolute Gasteiger partial charge is 0.478 e. The molecule has 2 atom stereocenters. The topological polar surface area (TPSA) is 82.8 Å². The molecule has 36 heavy (non-hydrogen) atoms. The van der Waals surface area contributed by atoms with Gasteiger partial charge in [-0.25, -0.2) is 4.79 Å². The van der Waals surface area contributed by atoms with Gasteiger partial charge in [0.15, 0.2) is 5.43 Å². The van der Waals surface area contributed by atoms with Crippen molar-refractivity contribution in [2.24, 2.45) is 0 Å². The quantitative estimate of drug-likeness (QED) is 0.337. The Bertz CT molecular complexity index is 1490. The number of nitrogens with one attached hydrogen (secondary N) is 1. The Morgan fingerprint density at radius 2 is 1.81 bits per heavy atom. The number of carboxylic acids is 1. The lowest BCUT2D eigenvalue weighted by Gasteiger charge is -2.22. The number of aromatic carboxylic acids is 1. The number of benzene rings is 3. The summed E-state index contributed by atoms with van der Waals surface area (Å²) in [5.41, 5.74) is 4.91. The summed E-state index contributed by atoms with van der Waals surface area (Å²) in [5, 5.41) is 13.5. The van der Waals surface area contributed by atoms with E-state index < -0.39 is 5.97 Å². The molecule has 2 N–H and O–H groups in total. The number of carboxylic acid groups (broad SMARTS) is 1. The fourth-order valence-corrected chi connectivity index (χ4v) is 5.23. The lowest BCUT2D eigenvalue weighted by Crippen LogP contribution is -2.23. The fourth-order valence-electron chi connectivity index (χ4n) is 5.23. The average molecular weight is 483 g/mol. The first-order chi connectivity index (χ1) is 17.3. The Morgan fingerprint density at radius 1 is 1.08 bits per heavy atom. The third kappa shape index (κ3) is 4.35. The Balaban J connectivity index is 1.55. The van der Waals surface area contributed by atoms with Crippen LogP contribution in [0.15, 0.2) is 75.9 Å². The second-order valence-electron chi connectivity index (χ2n) is 9.65. The van der Waals surface area contributed by atoms with Crippen LogP contribution < -0.4 is 15.6 Å². The van der Waals surface area contributed by atoms with Crippen LogP contribution in [0.25, 0.3) is 11.0 Å². The summed E-state index contributed by atoms with van der Waals surface area (Å²) in [4.78, 5) is 27.4. The van der Waals surface area contributed by atoms with Crippen LogP contribution in [0.5, 0.6) is 0 Å². The van der Waals surface area contributed by atoms with Crippen LogP contribution in [0, 0.1) is 13.8 Å². The first-order valence-electron chi connectivity index (χ1n) is 12.3. The number of para-hydroxylation sites is 1. The van der Waals surface area contributed by atoms with Crippen LogP contribution in [0.4, 0.5) is 11.6 Å². The SMILES string of the molecule is Cc1cc([C@@H](C)Nc2ccccc2C(=O)O)c2oc(N3CC[C@H](c4ccccc4)C3)c(C)c(=O)c2c1. The molecule has 1 aromatic heterocycles. The van der Waals surface area contributed by atoms with Gasteiger partial charge < -0.3 is 19.7 Å². The van der Waals surface area contributed by atoms with Gasteiger partial charge in [-0.2, -0.15) is 0 Å². The summed E-state index contributed by atoms with van der Waals surface area (Å²) in [7, 11) is 0. The van der Waals surface area contributed by atoms with Crippen molar-refractivity contribution < 1.29 is 14.3 Å². The van der Waals surface area contributed by atoms with Crippen LogP contribution in [0.2, 0.25) is 0 Å². The Hall–Kier alpha value is -4.06. The van der Waals surface area contributed by atoms with Gasteiger partial charge in [0, 0.05) is 30.3 Å². The minimum Gasteiger partial charge on any atom is -0.478 e. The highest BCUT2D eigenvalue weighted by molar-refractivity contribution is 5.94. The Labute approximate surface area is 210 Å². The number of hydrogen-bond acceptors (Lipinski definition) is 5. The van der Waals surface area contributed by atoms with Crippen molar-refractivity contribution in [3.05, 3.63) is 105 Å². The molecular formula is C30H30N2O4. The maximum absolute atomic E-state index is 13.5. The molecule has 0 aliphatic carbocycles. The molecule has 6 nitrogen and oxygen atoms in total. The van der Waals surface area contributed by atoms with Crippen molar-refractivity contribution in [2.45, 2.75) is 39.2 Å². The molecule has 0 bridgehead atoms. The van der Waals surface area contributed by atoms with Gasteiger partial charge in [0.1, 0.15) is 5.58 Å². The van der Waals surface area contributed by atoms with Crippen molar-refractivity contribution in [2.75, 3.05) is 23.3 Å². The highest BCUT2D eigenvalue weighted by Crippen LogP contribution is 2.35. The first kappa shape index (κ1) is 23.7. The zero-order valence-corrected chi connectivity index (χ0v) is 20.7. The summed E-state index contributed by atoms with van der Waals surface area (Å²) >= 11 is 0. The summed E-state index contributed by atoms with van der Waals surface area (Å²) in [6.45, 7) is 7.35. The normalized spacial score (nSPS) is 16.3. The van der Waals surface area contributed by atoms with Gasteiger partial charge in [0.05, 0.1) is 22.6 Å². The molecule has 1 saturated heterocycles. The van der Waals surface area contributed by atoms with Gasteiger partial charge in [0.2, 0.25) is 5.88 Å². The summed E-state index contributed by atoms with van der Waals surface area (Å²) in [6.07, 6.45) is 0.996. The van der Waals surface area contributed by atoms with E-state index in [0.717, 1.165) is 30.6 Å². The zero-order valence-electron chi connectivity index (χ0n) is 20.7. The molecule has 0 unspecified atom stereocenters. The van der Waals surface area contributed by atoms with Gasteiger partial charge >= 0.3 is 5.97 Å². The molecule has 0 saturated carbocycles. The summed E-state index contributed by atoms with van der Waals surface area (Å²) in [6, 6.07) is 20.9. The number of fused-ring (bicyclic) bond motifs is 1. The van der Waals surface area contributed by atoms with E-state index in [0.29, 0.717) is 34.0 Å². The predicted molar refractivity (Wildman–Crippen MR) is 143 cm³/mol. The van der Waals surface area contributed by atoms with E-state index in [4.69, 9.17) is 4.42 Å². The van der Waals surface area contributed by atoms with Gasteiger partial charge in [0.25, 0.3) is 0 Å². The van der Waals surface area contributed by atoms with Crippen LogP contribution in [0.1, 0.15) is 57.9 Å². The standard InChI is InChI=1S/C30H30N2O4/c1-18-15-24(20(3)31-26-12-8-7-11-23(26)30(34)35)28-25(16-18)27(33)19(2)29(36-28)32-14-13-22(17-32)21-9-5-4-6-10-21/h4-12,15-16,20,22,31H,13-14,17H2,1-3H3,(H,34,35)/t20-,22+/m1/s1. The van der Waals surface area contributed by atoms with Crippen molar-refractivity contribution in [1.29, 1.82) is 0 Å². The number of carbonyl (C=O) groups is 1. The second-order valence-corrected chi connectivity index (χ2v) is 9.65. The minimum atomic E-state index is -0.995. The molecule has 6 heteroatoms. The number of nitrogens with zero attached hydrogens (tertiary/aromatic N) is 1. The second kappa shape index (κ2) is 9.53. The highest BCUT2D eigenvalue weighted by Gasteiger charge is 2.28. The predicted octanol–water partition coefficient (Wildman–Crippen LogP) is 6.28. The van der Waals surface area contributed by atoms with Gasteiger partial charge in [-0.15, -0.1) is 0 Å². The molecule has 4 aromatic rings. The molecule has 0 spiro atoms. The van der Waals surface area contributed by atoms with Crippen molar-refractivity contribution in [3.63, 3.8) is 0 Å². The van der Waals surface area contributed by atoms with E-state index in [1.807, 2.05) is 39.0 Å². The van der Waals surface area contributed by atoms with Crippen LogP contribution in [-0.4, -0.2) is 24.2 Å².